The van der Waals surface area contributed by atoms with Crippen LogP contribution >= 0.6 is 0 Å². The number of nitriles is 1. The number of benzene rings is 1. The fourth-order valence-corrected chi connectivity index (χ4v) is 1.47. The van der Waals surface area contributed by atoms with Crippen LogP contribution in [0.3, 0.4) is 0 Å². The first-order valence-electron chi connectivity index (χ1n) is 5.09. The van der Waals surface area contributed by atoms with Crippen molar-refractivity contribution in [3.8, 4) is 6.07 Å². The Morgan fingerprint density at radius 3 is 2.88 bits per heavy atom. The number of aromatic nitrogens is 1. The first-order chi connectivity index (χ1) is 8.22. The summed E-state index contributed by atoms with van der Waals surface area (Å²) in [5.41, 5.74) is 1.54. The lowest BCUT2D eigenvalue weighted by atomic mass is 10.2. The standard InChI is InChI=1S/C13H10FN3/c1-9-11(14)5-2-6-12(9)17-13-10(8-15)4-3-7-16-13/h2-7H,1H3,(H,16,17). The van der Waals surface area contributed by atoms with Gasteiger partial charge in [0, 0.05) is 17.4 Å². The molecule has 3 nitrogen and oxygen atoms in total. The van der Waals surface area contributed by atoms with Crippen LogP contribution in [-0.2, 0) is 0 Å². The molecular weight excluding hydrogens is 217 g/mol. The van der Waals surface area contributed by atoms with Gasteiger partial charge in [-0.25, -0.2) is 9.37 Å². The second-order valence-corrected chi connectivity index (χ2v) is 3.55. The minimum atomic E-state index is -0.288. The van der Waals surface area contributed by atoms with Crippen molar-refractivity contribution in [2.24, 2.45) is 0 Å². The van der Waals surface area contributed by atoms with E-state index in [0.29, 0.717) is 22.6 Å². The molecule has 2 aromatic rings. The summed E-state index contributed by atoms with van der Waals surface area (Å²) in [5.74, 6) is 0.146. The molecule has 0 saturated carbocycles. The predicted molar refractivity (Wildman–Crippen MR) is 63.4 cm³/mol. The van der Waals surface area contributed by atoms with E-state index in [-0.39, 0.29) is 5.82 Å². The van der Waals surface area contributed by atoms with Crippen molar-refractivity contribution in [1.82, 2.24) is 4.98 Å². The van der Waals surface area contributed by atoms with Gasteiger partial charge in [0.25, 0.3) is 0 Å². The summed E-state index contributed by atoms with van der Waals surface area (Å²) in [5, 5.41) is 11.9. The minimum Gasteiger partial charge on any atom is -0.339 e. The zero-order chi connectivity index (χ0) is 12.3. The second-order valence-electron chi connectivity index (χ2n) is 3.55. The molecule has 0 aliphatic rings. The van der Waals surface area contributed by atoms with Crippen LogP contribution in [0, 0.1) is 24.1 Å². The number of pyridine rings is 1. The molecule has 0 saturated heterocycles. The molecule has 0 fully saturated rings. The largest absolute Gasteiger partial charge is 0.339 e. The number of hydrogen-bond acceptors (Lipinski definition) is 3. The summed E-state index contributed by atoms with van der Waals surface area (Å²) in [6.07, 6.45) is 1.58. The smallest absolute Gasteiger partial charge is 0.148 e. The molecular formula is C13H10FN3. The summed E-state index contributed by atoms with van der Waals surface area (Å²) in [4.78, 5) is 4.06. The van der Waals surface area contributed by atoms with E-state index in [1.807, 2.05) is 6.07 Å². The van der Waals surface area contributed by atoms with E-state index in [1.165, 1.54) is 6.07 Å². The van der Waals surface area contributed by atoms with Crippen LogP contribution in [0.25, 0.3) is 0 Å². The Morgan fingerprint density at radius 2 is 2.12 bits per heavy atom. The molecule has 4 heteroatoms. The van der Waals surface area contributed by atoms with Gasteiger partial charge < -0.3 is 5.32 Å². The first-order valence-corrected chi connectivity index (χ1v) is 5.09. The molecule has 84 valence electrons. The van der Waals surface area contributed by atoms with Gasteiger partial charge in [-0.15, -0.1) is 0 Å². The van der Waals surface area contributed by atoms with Crippen LogP contribution in [0.4, 0.5) is 15.9 Å². The normalized spacial score (nSPS) is 9.71. The molecule has 0 spiro atoms. The minimum absolute atomic E-state index is 0.288. The van der Waals surface area contributed by atoms with E-state index in [0.717, 1.165) is 0 Å². The molecule has 1 aromatic carbocycles. The molecule has 0 atom stereocenters. The van der Waals surface area contributed by atoms with Crippen molar-refractivity contribution in [3.63, 3.8) is 0 Å². The first kappa shape index (κ1) is 11.1. The average Bonchev–Trinajstić information content (AvgIpc) is 2.35. The Hall–Kier alpha value is -2.41. The number of anilines is 2. The fourth-order valence-electron chi connectivity index (χ4n) is 1.47. The maximum atomic E-state index is 13.3. The van der Waals surface area contributed by atoms with Crippen LogP contribution in [0.2, 0.25) is 0 Å². The van der Waals surface area contributed by atoms with E-state index in [2.05, 4.69) is 10.3 Å². The molecule has 0 radical (unpaired) electrons. The lowest BCUT2D eigenvalue weighted by Crippen LogP contribution is -1.99. The van der Waals surface area contributed by atoms with E-state index < -0.39 is 0 Å². The lowest BCUT2D eigenvalue weighted by Gasteiger charge is -2.09. The lowest BCUT2D eigenvalue weighted by molar-refractivity contribution is 0.619. The highest BCUT2D eigenvalue weighted by Gasteiger charge is 2.06. The Bertz CT molecular complexity index is 587. The molecule has 17 heavy (non-hydrogen) atoms. The summed E-state index contributed by atoms with van der Waals surface area (Å²) >= 11 is 0. The van der Waals surface area contributed by atoms with Gasteiger partial charge in [0.1, 0.15) is 17.7 Å². The molecule has 0 aliphatic heterocycles. The topological polar surface area (TPSA) is 48.7 Å². The Morgan fingerprint density at radius 1 is 1.29 bits per heavy atom. The van der Waals surface area contributed by atoms with E-state index in [1.54, 1.807) is 37.4 Å². The van der Waals surface area contributed by atoms with E-state index in [9.17, 15) is 4.39 Å². The van der Waals surface area contributed by atoms with Crippen LogP contribution in [0.15, 0.2) is 36.5 Å². The molecule has 1 heterocycles. The van der Waals surface area contributed by atoms with Crippen LogP contribution < -0.4 is 5.32 Å². The Balaban J connectivity index is 2.39. The van der Waals surface area contributed by atoms with E-state index in [4.69, 9.17) is 5.26 Å². The SMILES string of the molecule is Cc1c(F)cccc1Nc1ncccc1C#N. The number of rotatable bonds is 2. The number of nitrogens with zero attached hydrogens (tertiary/aromatic N) is 2. The highest BCUT2D eigenvalue weighted by atomic mass is 19.1. The highest BCUT2D eigenvalue weighted by Crippen LogP contribution is 2.22. The molecule has 1 N–H and O–H groups in total. The zero-order valence-corrected chi connectivity index (χ0v) is 9.24. The third-order valence-corrected chi connectivity index (χ3v) is 2.45. The second kappa shape index (κ2) is 4.62. The monoisotopic (exact) mass is 227 g/mol. The summed E-state index contributed by atoms with van der Waals surface area (Å²) < 4.78 is 13.3. The molecule has 0 amide bonds. The van der Waals surface area contributed by atoms with Crippen molar-refractivity contribution in [2.75, 3.05) is 5.32 Å². The van der Waals surface area contributed by atoms with Gasteiger partial charge >= 0.3 is 0 Å². The number of nitrogens with one attached hydrogen (secondary N) is 1. The molecule has 0 bridgehead atoms. The summed E-state index contributed by atoms with van der Waals surface area (Å²) in [6.45, 7) is 1.67. The van der Waals surface area contributed by atoms with Gasteiger partial charge in [-0.3, -0.25) is 0 Å². The molecule has 1 aromatic heterocycles. The summed E-state index contributed by atoms with van der Waals surface area (Å²) in [6, 6.07) is 10.1. The van der Waals surface area contributed by atoms with Crippen molar-refractivity contribution in [1.29, 1.82) is 5.26 Å². The third-order valence-electron chi connectivity index (χ3n) is 2.45. The van der Waals surface area contributed by atoms with Crippen molar-refractivity contribution >= 4 is 11.5 Å². The highest BCUT2D eigenvalue weighted by molar-refractivity contribution is 5.65. The maximum Gasteiger partial charge on any atom is 0.148 e. The number of hydrogen-bond donors (Lipinski definition) is 1. The van der Waals surface area contributed by atoms with Gasteiger partial charge in [-0.05, 0) is 31.2 Å². The van der Waals surface area contributed by atoms with Gasteiger partial charge in [0.2, 0.25) is 0 Å². The van der Waals surface area contributed by atoms with E-state index >= 15 is 0 Å². The third kappa shape index (κ3) is 2.23. The van der Waals surface area contributed by atoms with Crippen LogP contribution in [0.5, 0.6) is 0 Å². The van der Waals surface area contributed by atoms with Gasteiger partial charge in [-0.2, -0.15) is 5.26 Å². The molecule has 2 rings (SSSR count). The van der Waals surface area contributed by atoms with Crippen molar-refractivity contribution < 1.29 is 4.39 Å². The Labute approximate surface area is 98.5 Å². The quantitative estimate of drug-likeness (QED) is 0.857. The van der Waals surface area contributed by atoms with Gasteiger partial charge in [0.15, 0.2) is 0 Å². The summed E-state index contributed by atoms with van der Waals surface area (Å²) in [7, 11) is 0. The average molecular weight is 227 g/mol. The zero-order valence-electron chi connectivity index (χ0n) is 9.24. The number of halogens is 1. The maximum absolute atomic E-state index is 13.3. The van der Waals surface area contributed by atoms with Gasteiger partial charge in [0.05, 0.1) is 5.56 Å². The van der Waals surface area contributed by atoms with Gasteiger partial charge in [-0.1, -0.05) is 6.07 Å². The predicted octanol–water partition coefficient (Wildman–Crippen LogP) is 3.14. The van der Waals surface area contributed by atoms with Crippen molar-refractivity contribution in [2.45, 2.75) is 6.92 Å². The fraction of sp³-hybridized carbons (Fsp3) is 0.0769. The molecule has 0 aliphatic carbocycles. The molecule has 0 unspecified atom stereocenters. The van der Waals surface area contributed by atoms with Crippen molar-refractivity contribution in [3.05, 3.63) is 53.5 Å². The Kier molecular flexibility index (Phi) is 3.01. The van der Waals surface area contributed by atoms with Crippen LogP contribution in [-0.4, -0.2) is 4.98 Å². The van der Waals surface area contributed by atoms with Crippen LogP contribution in [0.1, 0.15) is 11.1 Å².